The standard InChI is InChI=1S/C5H5BrN2/c1-4-5(6)8-3-2-7-4/h2-3H,1H3/i1D3. The largest absolute Gasteiger partial charge is 0.257 e. The average Bonchev–Trinajstić information content (AvgIpc) is 1.86. The zero-order chi connectivity index (χ0) is 8.48. The molecule has 2 nitrogen and oxygen atoms in total. The first-order valence-electron chi connectivity index (χ1n) is 3.49. The van der Waals surface area contributed by atoms with Gasteiger partial charge in [0.25, 0.3) is 0 Å². The normalized spacial score (nSPS) is 16.4. The highest BCUT2D eigenvalue weighted by Crippen LogP contribution is 2.06. The van der Waals surface area contributed by atoms with Gasteiger partial charge in [0.2, 0.25) is 0 Å². The maximum atomic E-state index is 7.01. The van der Waals surface area contributed by atoms with Crippen molar-refractivity contribution in [2.24, 2.45) is 0 Å². The van der Waals surface area contributed by atoms with Gasteiger partial charge in [-0.2, -0.15) is 0 Å². The molecule has 0 unspecified atom stereocenters. The van der Waals surface area contributed by atoms with E-state index in [1.165, 1.54) is 12.4 Å². The molecule has 0 bridgehead atoms. The minimum atomic E-state index is -2.19. The van der Waals surface area contributed by atoms with Gasteiger partial charge >= 0.3 is 0 Å². The number of halogens is 1. The van der Waals surface area contributed by atoms with Gasteiger partial charge in [-0.15, -0.1) is 0 Å². The van der Waals surface area contributed by atoms with Gasteiger partial charge in [-0.3, -0.25) is 4.98 Å². The molecule has 8 heavy (non-hydrogen) atoms. The van der Waals surface area contributed by atoms with Crippen LogP contribution in [0, 0.1) is 6.85 Å². The van der Waals surface area contributed by atoms with Crippen LogP contribution < -0.4 is 0 Å². The molecule has 0 amide bonds. The van der Waals surface area contributed by atoms with E-state index in [9.17, 15) is 0 Å². The van der Waals surface area contributed by atoms with Crippen molar-refractivity contribution in [1.29, 1.82) is 0 Å². The van der Waals surface area contributed by atoms with Crippen molar-refractivity contribution in [3.8, 4) is 0 Å². The fourth-order valence-electron chi connectivity index (χ4n) is 0.321. The predicted octanol–water partition coefficient (Wildman–Crippen LogP) is 1.55. The van der Waals surface area contributed by atoms with E-state index in [4.69, 9.17) is 4.11 Å². The van der Waals surface area contributed by atoms with Crippen molar-refractivity contribution in [2.75, 3.05) is 0 Å². The van der Waals surface area contributed by atoms with Crippen molar-refractivity contribution in [3.05, 3.63) is 22.7 Å². The molecule has 0 radical (unpaired) electrons. The van der Waals surface area contributed by atoms with E-state index in [2.05, 4.69) is 25.9 Å². The molecule has 0 aliphatic rings. The Morgan fingerprint density at radius 3 is 2.88 bits per heavy atom. The topological polar surface area (TPSA) is 25.8 Å². The molecule has 1 aromatic rings. The Morgan fingerprint density at radius 1 is 1.62 bits per heavy atom. The zero-order valence-electron chi connectivity index (χ0n) is 6.93. The summed E-state index contributed by atoms with van der Waals surface area (Å²) in [6.07, 6.45) is 2.78. The first-order chi connectivity index (χ1) is 5.02. The van der Waals surface area contributed by atoms with Crippen LogP contribution in [0.15, 0.2) is 17.0 Å². The lowest BCUT2D eigenvalue weighted by molar-refractivity contribution is 1.08. The van der Waals surface area contributed by atoms with E-state index < -0.39 is 6.85 Å². The van der Waals surface area contributed by atoms with Gasteiger partial charge in [0.05, 0.1) is 5.69 Å². The summed E-state index contributed by atoms with van der Waals surface area (Å²) in [5.74, 6) is 0. The number of hydrogen-bond acceptors (Lipinski definition) is 2. The molecule has 0 aliphatic carbocycles. The van der Waals surface area contributed by atoms with Crippen LogP contribution in [0.5, 0.6) is 0 Å². The molecular weight excluding hydrogens is 168 g/mol. The third kappa shape index (κ3) is 1.04. The highest BCUT2D eigenvalue weighted by molar-refractivity contribution is 9.10. The van der Waals surface area contributed by atoms with Gasteiger partial charge in [-0.05, 0) is 22.8 Å². The summed E-state index contributed by atoms with van der Waals surface area (Å²) in [5, 5.41) is 0. The van der Waals surface area contributed by atoms with Crippen molar-refractivity contribution in [3.63, 3.8) is 0 Å². The molecule has 0 aromatic carbocycles. The third-order valence-corrected chi connectivity index (χ3v) is 1.23. The van der Waals surface area contributed by atoms with Gasteiger partial charge in [-0.1, -0.05) is 0 Å². The summed E-state index contributed by atoms with van der Waals surface area (Å²) in [6, 6.07) is 0. The van der Waals surface area contributed by atoms with Gasteiger partial charge in [0, 0.05) is 16.5 Å². The summed E-state index contributed by atoms with van der Waals surface area (Å²) in [5.41, 5.74) is 0.000000000000000444. The molecule has 0 N–H and O–H groups in total. The summed E-state index contributed by atoms with van der Waals surface area (Å²) in [4.78, 5) is 7.42. The molecule has 42 valence electrons. The molecule has 0 atom stereocenters. The highest BCUT2D eigenvalue weighted by Gasteiger charge is 1.89. The van der Waals surface area contributed by atoms with Crippen LogP contribution in [0.2, 0.25) is 0 Å². The monoisotopic (exact) mass is 175 g/mol. The molecule has 0 fully saturated rings. The fraction of sp³-hybridized carbons (Fsp3) is 0.200. The van der Waals surface area contributed by atoms with E-state index >= 15 is 0 Å². The minimum Gasteiger partial charge on any atom is -0.257 e. The number of nitrogens with zero attached hydrogens (tertiary/aromatic N) is 2. The zero-order valence-corrected chi connectivity index (χ0v) is 5.51. The summed E-state index contributed by atoms with van der Waals surface area (Å²) in [6.45, 7) is -2.19. The highest BCUT2D eigenvalue weighted by atomic mass is 79.9. The average molecular weight is 176 g/mol. The lowest BCUT2D eigenvalue weighted by Gasteiger charge is -1.89. The predicted molar refractivity (Wildman–Crippen MR) is 34.5 cm³/mol. The maximum absolute atomic E-state index is 7.01. The number of rotatable bonds is 0. The van der Waals surface area contributed by atoms with Crippen molar-refractivity contribution in [1.82, 2.24) is 9.97 Å². The Balaban J connectivity index is 3.14. The Labute approximate surface area is 60.3 Å². The Bertz CT molecular complexity index is 260. The van der Waals surface area contributed by atoms with Gasteiger partial charge < -0.3 is 0 Å². The summed E-state index contributed by atoms with van der Waals surface area (Å²) in [7, 11) is 0. The molecule has 1 rings (SSSR count). The minimum absolute atomic E-state index is 0.000000000000000444. The van der Waals surface area contributed by atoms with Crippen LogP contribution in [0.25, 0.3) is 0 Å². The molecule has 0 aliphatic heterocycles. The van der Waals surface area contributed by atoms with Crippen molar-refractivity contribution in [2.45, 2.75) is 6.85 Å². The number of aromatic nitrogens is 2. The first-order valence-corrected chi connectivity index (χ1v) is 2.78. The summed E-state index contributed by atoms with van der Waals surface area (Å²) >= 11 is 3.00. The van der Waals surface area contributed by atoms with Crippen LogP contribution in [-0.4, -0.2) is 9.97 Å². The number of aryl methyl sites for hydroxylation is 1. The smallest absolute Gasteiger partial charge is 0.127 e. The van der Waals surface area contributed by atoms with E-state index in [0.717, 1.165) is 0 Å². The van der Waals surface area contributed by atoms with Crippen LogP contribution in [0.4, 0.5) is 0 Å². The molecular formula is C5H5BrN2. The van der Waals surface area contributed by atoms with E-state index in [0.29, 0.717) is 0 Å². The summed E-state index contributed by atoms with van der Waals surface area (Å²) < 4.78 is 21.3. The lowest BCUT2D eigenvalue weighted by Crippen LogP contribution is -1.82. The molecule has 0 spiro atoms. The van der Waals surface area contributed by atoms with Crippen LogP contribution in [0.3, 0.4) is 0 Å². The quantitative estimate of drug-likeness (QED) is 0.599. The van der Waals surface area contributed by atoms with E-state index in [1.807, 2.05) is 0 Å². The van der Waals surface area contributed by atoms with Crippen molar-refractivity contribution >= 4 is 15.9 Å². The maximum Gasteiger partial charge on any atom is 0.127 e. The molecule has 0 saturated heterocycles. The molecule has 3 heteroatoms. The molecule has 1 aromatic heterocycles. The Kier molecular flexibility index (Phi) is 0.809. The SMILES string of the molecule is [2H]C([2H])([2H])c1nccnc1Br. The Morgan fingerprint density at radius 2 is 2.38 bits per heavy atom. The van der Waals surface area contributed by atoms with Crippen LogP contribution >= 0.6 is 15.9 Å². The second kappa shape index (κ2) is 2.22. The van der Waals surface area contributed by atoms with E-state index in [1.54, 1.807) is 0 Å². The van der Waals surface area contributed by atoms with E-state index in [-0.39, 0.29) is 10.3 Å². The van der Waals surface area contributed by atoms with Gasteiger partial charge in [0.1, 0.15) is 4.60 Å². The second-order valence-corrected chi connectivity index (χ2v) is 1.95. The van der Waals surface area contributed by atoms with Gasteiger partial charge in [0.15, 0.2) is 0 Å². The number of hydrogen-bond donors (Lipinski definition) is 0. The third-order valence-electron chi connectivity index (χ3n) is 0.654. The fourth-order valence-corrected chi connectivity index (χ4v) is 0.542. The Hall–Kier alpha value is -0.440. The molecule has 1 heterocycles. The van der Waals surface area contributed by atoms with Crippen molar-refractivity contribution < 1.29 is 4.11 Å². The first kappa shape index (κ1) is 2.92. The molecule has 0 saturated carbocycles. The lowest BCUT2D eigenvalue weighted by atomic mass is 10.5. The van der Waals surface area contributed by atoms with Crippen LogP contribution in [0.1, 0.15) is 9.81 Å². The van der Waals surface area contributed by atoms with Gasteiger partial charge in [-0.25, -0.2) is 4.98 Å². The van der Waals surface area contributed by atoms with Crippen LogP contribution in [-0.2, 0) is 0 Å². The second-order valence-electron chi connectivity index (χ2n) is 1.20.